The molecule has 0 amide bonds. The Labute approximate surface area is 126 Å². The summed E-state index contributed by atoms with van der Waals surface area (Å²) >= 11 is 7.57. The lowest BCUT2D eigenvalue weighted by Crippen LogP contribution is -2.31. The van der Waals surface area contributed by atoms with E-state index in [2.05, 4.69) is 44.8 Å². The minimum Gasteiger partial charge on any atom is -0.492 e. The van der Waals surface area contributed by atoms with E-state index in [9.17, 15) is 0 Å². The Kier molecular flexibility index (Phi) is 6.76. The SMILES string of the molecule is Brc1ccc(OCCNCC2CSCCS2)cc1. The van der Waals surface area contributed by atoms with Crippen molar-refractivity contribution in [3.63, 3.8) is 0 Å². The molecular formula is C13H18BrNOS2. The first-order valence-corrected chi connectivity index (χ1v) is 9.12. The van der Waals surface area contributed by atoms with Gasteiger partial charge in [-0.25, -0.2) is 0 Å². The van der Waals surface area contributed by atoms with Crippen LogP contribution < -0.4 is 10.1 Å². The third kappa shape index (κ3) is 5.43. The van der Waals surface area contributed by atoms with Crippen molar-refractivity contribution in [2.75, 3.05) is 37.0 Å². The van der Waals surface area contributed by atoms with Crippen LogP contribution in [-0.4, -0.2) is 42.2 Å². The highest BCUT2D eigenvalue weighted by Crippen LogP contribution is 2.23. The van der Waals surface area contributed by atoms with E-state index in [0.717, 1.165) is 35.2 Å². The second kappa shape index (κ2) is 8.35. The number of benzene rings is 1. The van der Waals surface area contributed by atoms with Crippen LogP contribution in [0, 0.1) is 0 Å². The molecule has 2 rings (SSSR count). The summed E-state index contributed by atoms with van der Waals surface area (Å²) in [5.41, 5.74) is 0. The third-order valence-corrected chi connectivity index (χ3v) is 5.99. The first-order valence-electron chi connectivity index (χ1n) is 6.13. The maximum Gasteiger partial charge on any atom is 0.119 e. The largest absolute Gasteiger partial charge is 0.492 e. The molecule has 0 radical (unpaired) electrons. The molecule has 1 heterocycles. The molecule has 0 spiro atoms. The highest BCUT2D eigenvalue weighted by molar-refractivity contribution is 9.10. The normalized spacial score (nSPS) is 19.7. The molecule has 1 N–H and O–H groups in total. The van der Waals surface area contributed by atoms with E-state index in [0.29, 0.717) is 0 Å². The standard InChI is InChI=1S/C13H18BrNOS2/c14-11-1-3-12(4-2-11)16-6-5-15-9-13-10-17-7-8-18-13/h1-4,13,15H,5-10H2. The van der Waals surface area contributed by atoms with E-state index in [1.807, 2.05) is 24.3 Å². The van der Waals surface area contributed by atoms with Gasteiger partial charge in [-0.3, -0.25) is 0 Å². The van der Waals surface area contributed by atoms with Gasteiger partial charge in [0.25, 0.3) is 0 Å². The van der Waals surface area contributed by atoms with Gasteiger partial charge < -0.3 is 10.1 Å². The second-order valence-electron chi connectivity index (χ2n) is 4.07. The summed E-state index contributed by atoms with van der Waals surface area (Å²) in [6.45, 7) is 2.74. The van der Waals surface area contributed by atoms with Gasteiger partial charge in [0.15, 0.2) is 0 Å². The van der Waals surface area contributed by atoms with Gasteiger partial charge in [0.05, 0.1) is 0 Å². The highest BCUT2D eigenvalue weighted by Gasteiger charge is 2.13. The van der Waals surface area contributed by atoms with Gasteiger partial charge in [0.2, 0.25) is 0 Å². The molecule has 1 aromatic carbocycles. The van der Waals surface area contributed by atoms with Crippen LogP contribution in [0.5, 0.6) is 5.75 Å². The molecule has 18 heavy (non-hydrogen) atoms. The summed E-state index contributed by atoms with van der Waals surface area (Å²) in [5, 5.41) is 4.24. The van der Waals surface area contributed by atoms with Crippen molar-refractivity contribution in [2.45, 2.75) is 5.25 Å². The van der Waals surface area contributed by atoms with E-state index < -0.39 is 0 Å². The quantitative estimate of drug-likeness (QED) is 0.797. The van der Waals surface area contributed by atoms with Crippen LogP contribution in [0.15, 0.2) is 28.7 Å². The van der Waals surface area contributed by atoms with Crippen molar-refractivity contribution >= 4 is 39.5 Å². The van der Waals surface area contributed by atoms with Crippen LogP contribution >= 0.6 is 39.5 Å². The van der Waals surface area contributed by atoms with Crippen LogP contribution in [0.2, 0.25) is 0 Å². The summed E-state index contributed by atoms with van der Waals surface area (Å²) in [7, 11) is 0. The van der Waals surface area contributed by atoms with Crippen molar-refractivity contribution in [1.82, 2.24) is 5.32 Å². The number of halogens is 1. The molecule has 1 atom stereocenters. The van der Waals surface area contributed by atoms with Gasteiger partial charge in [-0.1, -0.05) is 15.9 Å². The number of rotatable bonds is 6. The summed E-state index contributed by atoms with van der Waals surface area (Å²) in [5.74, 6) is 4.83. The van der Waals surface area contributed by atoms with E-state index in [-0.39, 0.29) is 0 Å². The maximum atomic E-state index is 5.66. The van der Waals surface area contributed by atoms with Crippen LogP contribution in [0.25, 0.3) is 0 Å². The topological polar surface area (TPSA) is 21.3 Å². The van der Waals surface area contributed by atoms with Crippen LogP contribution in [-0.2, 0) is 0 Å². The maximum absolute atomic E-state index is 5.66. The van der Waals surface area contributed by atoms with Crippen molar-refractivity contribution in [1.29, 1.82) is 0 Å². The van der Waals surface area contributed by atoms with Crippen molar-refractivity contribution < 1.29 is 4.74 Å². The van der Waals surface area contributed by atoms with Gasteiger partial charge in [-0.05, 0) is 24.3 Å². The summed E-state index contributed by atoms with van der Waals surface area (Å²) < 4.78 is 6.74. The van der Waals surface area contributed by atoms with Gasteiger partial charge in [-0.2, -0.15) is 23.5 Å². The molecule has 1 unspecified atom stereocenters. The molecule has 0 bridgehead atoms. The molecule has 1 aliphatic heterocycles. The molecule has 5 heteroatoms. The number of hydrogen-bond donors (Lipinski definition) is 1. The lowest BCUT2D eigenvalue weighted by molar-refractivity contribution is 0.314. The zero-order chi connectivity index (χ0) is 12.6. The molecule has 1 saturated heterocycles. The first-order chi connectivity index (χ1) is 8.84. The number of thioether (sulfide) groups is 2. The number of nitrogens with one attached hydrogen (secondary N) is 1. The van der Waals surface area contributed by atoms with Gasteiger partial charge in [0.1, 0.15) is 12.4 Å². The second-order valence-corrected chi connectivity index (χ2v) is 7.55. The fraction of sp³-hybridized carbons (Fsp3) is 0.538. The van der Waals surface area contributed by atoms with E-state index >= 15 is 0 Å². The number of ether oxygens (including phenoxy) is 1. The average molecular weight is 348 g/mol. The monoisotopic (exact) mass is 347 g/mol. The fourth-order valence-electron chi connectivity index (χ4n) is 1.69. The molecule has 0 saturated carbocycles. The smallest absolute Gasteiger partial charge is 0.119 e. The van der Waals surface area contributed by atoms with Crippen molar-refractivity contribution in [3.8, 4) is 5.75 Å². The Morgan fingerprint density at radius 3 is 2.83 bits per heavy atom. The van der Waals surface area contributed by atoms with E-state index in [1.165, 1.54) is 17.3 Å². The zero-order valence-electron chi connectivity index (χ0n) is 10.2. The molecule has 1 aliphatic rings. The highest BCUT2D eigenvalue weighted by atomic mass is 79.9. The minimum atomic E-state index is 0.728. The Hall–Kier alpha value is 0.160. The molecule has 1 aromatic rings. The lowest BCUT2D eigenvalue weighted by Gasteiger charge is -2.21. The Morgan fingerprint density at radius 1 is 1.28 bits per heavy atom. The molecule has 0 aromatic heterocycles. The summed E-state index contributed by atoms with van der Waals surface area (Å²) in [6, 6.07) is 7.97. The number of hydrogen-bond acceptors (Lipinski definition) is 4. The molecular weight excluding hydrogens is 330 g/mol. The van der Waals surface area contributed by atoms with Crippen molar-refractivity contribution in [2.24, 2.45) is 0 Å². The van der Waals surface area contributed by atoms with Gasteiger partial charge in [-0.15, -0.1) is 0 Å². The summed E-state index contributed by atoms with van der Waals surface area (Å²) in [6.07, 6.45) is 0. The van der Waals surface area contributed by atoms with Gasteiger partial charge in [0, 0.05) is 40.1 Å². The van der Waals surface area contributed by atoms with Crippen LogP contribution in [0.3, 0.4) is 0 Å². The lowest BCUT2D eigenvalue weighted by atomic mass is 10.3. The van der Waals surface area contributed by atoms with Crippen LogP contribution in [0.4, 0.5) is 0 Å². The van der Waals surface area contributed by atoms with Crippen LogP contribution in [0.1, 0.15) is 0 Å². The Morgan fingerprint density at radius 2 is 2.11 bits per heavy atom. The fourth-order valence-corrected chi connectivity index (χ4v) is 4.60. The first kappa shape index (κ1) is 14.6. The zero-order valence-corrected chi connectivity index (χ0v) is 13.5. The predicted molar refractivity (Wildman–Crippen MR) is 86.1 cm³/mol. The van der Waals surface area contributed by atoms with Crippen molar-refractivity contribution in [3.05, 3.63) is 28.7 Å². The third-order valence-electron chi connectivity index (χ3n) is 2.62. The van der Waals surface area contributed by atoms with E-state index in [1.54, 1.807) is 0 Å². The average Bonchev–Trinajstić information content (AvgIpc) is 2.42. The molecule has 2 nitrogen and oxygen atoms in total. The van der Waals surface area contributed by atoms with E-state index in [4.69, 9.17) is 4.74 Å². The molecule has 100 valence electrons. The Bertz CT molecular complexity index is 341. The predicted octanol–water partition coefficient (Wildman–Crippen LogP) is 3.27. The minimum absolute atomic E-state index is 0.728. The molecule has 0 aliphatic carbocycles. The Balaban J connectivity index is 1.54. The molecule has 1 fully saturated rings. The summed E-state index contributed by atoms with van der Waals surface area (Å²) in [4.78, 5) is 0. The van der Waals surface area contributed by atoms with Gasteiger partial charge >= 0.3 is 0 Å².